The standard InChI is InChI=1S/C23H25FN4O/c1-17-4-10-20(11-5-17)28-22(23(29)25-12-15-27-13-2-3-14-27)16-21(26-28)18-6-8-19(24)9-7-18/h4-11,16H,2-3,12-15H2,1H3,(H,25,29). The van der Waals surface area contributed by atoms with Crippen LogP contribution in [0.25, 0.3) is 16.9 Å². The monoisotopic (exact) mass is 392 g/mol. The predicted octanol–water partition coefficient (Wildman–Crippen LogP) is 3.81. The molecule has 1 amide bonds. The second-order valence-corrected chi connectivity index (χ2v) is 7.47. The van der Waals surface area contributed by atoms with Crippen molar-refractivity contribution in [2.75, 3.05) is 26.2 Å². The molecule has 0 unspecified atom stereocenters. The summed E-state index contributed by atoms with van der Waals surface area (Å²) in [5.41, 5.74) is 3.82. The van der Waals surface area contributed by atoms with Crippen LogP contribution < -0.4 is 5.32 Å². The van der Waals surface area contributed by atoms with Gasteiger partial charge in [0.15, 0.2) is 0 Å². The van der Waals surface area contributed by atoms with Crippen LogP contribution in [0.1, 0.15) is 28.9 Å². The second-order valence-electron chi connectivity index (χ2n) is 7.47. The van der Waals surface area contributed by atoms with Gasteiger partial charge in [0.05, 0.1) is 11.4 Å². The van der Waals surface area contributed by atoms with Gasteiger partial charge in [-0.1, -0.05) is 17.7 Å². The highest BCUT2D eigenvalue weighted by Gasteiger charge is 2.18. The highest BCUT2D eigenvalue weighted by Crippen LogP contribution is 2.22. The van der Waals surface area contributed by atoms with Gasteiger partial charge in [0.2, 0.25) is 0 Å². The highest BCUT2D eigenvalue weighted by molar-refractivity contribution is 5.94. The van der Waals surface area contributed by atoms with E-state index in [1.165, 1.54) is 25.0 Å². The Labute approximate surface area is 170 Å². The van der Waals surface area contributed by atoms with Crippen molar-refractivity contribution in [3.63, 3.8) is 0 Å². The van der Waals surface area contributed by atoms with Crippen molar-refractivity contribution >= 4 is 5.91 Å². The summed E-state index contributed by atoms with van der Waals surface area (Å²) >= 11 is 0. The fourth-order valence-corrected chi connectivity index (χ4v) is 3.61. The number of likely N-dealkylation sites (tertiary alicyclic amines) is 1. The fraction of sp³-hybridized carbons (Fsp3) is 0.304. The Morgan fingerprint density at radius 2 is 1.76 bits per heavy atom. The summed E-state index contributed by atoms with van der Waals surface area (Å²) in [6.07, 6.45) is 2.46. The topological polar surface area (TPSA) is 50.2 Å². The third kappa shape index (κ3) is 4.54. The maximum Gasteiger partial charge on any atom is 0.270 e. The lowest BCUT2D eigenvalue weighted by Gasteiger charge is -2.15. The zero-order chi connectivity index (χ0) is 20.2. The average molecular weight is 392 g/mol. The molecule has 2 aromatic carbocycles. The van der Waals surface area contributed by atoms with Crippen molar-refractivity contribution < 1.29 is 9.18 Å². The van der Waals surface area contributed by atoms with Crippen LogP contribution >= 0.6 is 0 Å². The number of aryl methyl sites for hydroxylation is 1. The van der Waals surface area contributed by atoms with Crippen LogP contribution in [0.4, 0.5) is 4.39 Å². The normalized spacial score (nSPS) is 14.3. The molecule has 4 rings (SSSR count). The van der Waals surface area contributed by atoms with Gasteiger partial charge in [-0.25, -0.2) is 9.07 Å². The number of carbonyl (C=O) groups excluding carboxylic acids is 1. The van der Waals surface area contributed by atoms with E-state index < -0.39 is 0 Å². The summed E-state index contributed by atoms with van der Waals surface area (Å²) in [4.78, 5) is 15.3. The molecule has 150 valence electrons. The molecule has 5 nitrogen and oxygen atoms in total. The molecule has 0 saturated carbocycles. The number of aromatic nitrogens is 2. The van der Waals surface area contributed by atoms with Gasteiger partial charge in [-0.15, -0.1) is 0 Å². The Morgan fingerprint density at radius 3 is 2.45 bits per heavy atom. The lowest BCUT2D eigenvalue weighted by Crippen LogP contribution is -2.34. The number of nitrogens with zero attached hydrogens (tertiary/aromatic N) is 3. The summed E-state index contributed by atoms with van der Waals surface area (Å²) < 4.78 is 14.9. The molecule has 1 N–H and O–H groups in total. The zero-order valence-electron chi connectivity index (χ0n) is 16.6. The maximum atomic E-state index is 13.3. The Hall–Kier alpha value is -2.99. The number of rotatable bonds is 6. The van der Waals surface area contributed by atoms with Gasteiger partial charge in [0.1, 0.15) is 11.5 Å². The third-order valence-electron chi connectivity index (χ3n) is 5.27. The van der Waals surface area contributed by atoms with Crippen LogP contribution in [0.2, 0.25) is 0 Å². The number of halogens is 1. The van der Waals surface area contributed by atoms with Crippen LogP contribution in [0.3, 0.4) is 0 Å². The van der Waals surface area contributed by atoms with Gasteiger partial charge in [-0.2, -0.15) is 5.10 Å². The minimum atomic E-state index is -0.299. The molecule has 1 aromatic heterocycles. The molecule has 3 aromatic rings. The molecule has 1 aliphatic rings. The molecule has 2 heterocycles. The van der Waals surface area contributed by atoms with E-state index >= 15 is 0 Å². The Kier molecular flexibility index (Phi) is 5.71. The molecule has 0 aliphatic carbocycles. The van der Waals surface area contributed by atoms with Crippen molar-refractivity contribution in [3.05, 3.63) is 71.7 Å². The van der Waals surface area contributed by atoms with Gasteiger partial charge < -0.3 is 10.2 Å². The summed E-state index contributed by atoms with van der Waals surface area (Å²) in [6, 6.07) is 15.8. The molecule has 0 radical (unpaired) electrons. The van der Waals surface area contributed by atoms with E-state index in [-0.39, 0.29) is 11.7 Å². The molecule has 0 spiro atoms. The first-order valence-corrected chi connectivity index (χ1v) is 10.0. The number of hydrogen-bond acceptors (Lipinski definition) is 3. The van der Waals surface area contributed by atoms with Crippen LogP contribution in [0.15, 0.2) is 54.6 Å². The molecule has 0 bridgehead atoms. The largest absolute Gasteiger partial charge is 0.349 e. The average Bonchev–Trinajstić information content (AvgIpc) is 3.39. The van der Waals surface area contributed by atoms with Gasteiger partial charge >= 0.3 is 0 Å². The minimum absolute atomic E-state index is 0.161. The van der Waals surface area contributed by atoms with E-state index in [4.69, 9.17) is 0 Å². The van der Waals surface area contributed by atoms with E-state index in [2.05, 4.69) is 15.3 Å². The summed E-state index contributed by atoms with van der Waals surface area (Å²) in [6.45, 7) is 5.68. The van der Waals surface area contributed by atoms with E-state index in [9.17, 15) is 9.18 Å². The molecular weight excluding hydrogens is 367 g/mol. The van der Waals surface area contributed by atoms with E-state index in [0.717, 1.165) is 36.4 Å². The molecule has 1 saturated heterocycles. The Morgan fingerprint density at radius 1 is 1.07 bits per heavy atom. The second kappa shape index (κ2) is 8.57. The molecule has 6 heteroatoms. The van der Waals surface area contributed by atoms with Gasteiger partial charge in [-0.05, 0) is 75.3 Å². The third-order valence-corrected chi connectivity index (χ3v) is 5.27. The van der Waals surface area contributed by atoms with Gasteiger partial charge in [0, 0.05) is 18.7 Å². The SMILES string of the molecule is Cc1ccc(-n2nc(-c3ccc(F)cc3)cc2C(=O)NCCN2CCCC2)cc1. The lowest BCUT2D eigenvalue weighted by molar-refractivity contribution is 0.0942. The number of nitrogens with one attached hydrogen (secondary N) is 1. The van der Waals surface area contributed by atoms with Gasteiger partial charge in [-0.3, -0.25) is 4.79 Å². The Bertz CT molecular complexity index is 973. The summed E-state index contributed by atoms with van der Waals surface area (Å²) in [7, 11) is 0. The molecule has 29 heavy (non-hydrogen) atoms. The van der Waals surface area contributed by atoms with Crippen LogP contribution in [0.5, 0.6) is 0 Å². The zero-order valence-corrected chi connectivity index (χ0v) is 16.6. The maximum absolute atomic E-state index is 13.3. The van der Waals surface area contributed by atoms with Gasteiger partial charge in [0.25, 0.3) is 5.91 Å². The van der Waals surface area contributed by atoms with Crippen molar-refractivity contribution in [1.29, 1.82) is 0 Å². The number of hydrogen-bond donors (Lipinski definition) is 1. The first-order chi connectivity index (χ1) is 14.1. The molecule has 1 aliphatic heterocycles. The molecule has 1 fully saturated rings. The van der Waals surface area contributed by atoms with E-state index in [1.54, 1.807) is 22.9 Å². The van der Waals surface area contributed by atoms with Crippen LogP contribution in [0, 0.1) is 12.7 Å². The number of carbonyl (C=O) groups is 1. The molecular formula is C23H25FN4O. The van der Waals surface area contributed by atoms with Crippen LogP contribution in [-0.4, -0.2) is 46.8 Å². The minimum Gasteiger partial charge on any atom is -0.349 e. The first kappa shape index (κ1) is 19.3. The Balaban J connectivity index is 1.60. The predicted molar refractivity (Wildman–Crippen MR) is 112 cm³/mol. The molecule has 0 atom stereocenters. The van der Waals surface area contributed by atoms with Crippen LogP contribution in [-0.2, 0) is 0 Å². The van der Waals surface area contributed by atoms with E-state index in [1.807, 2.05) is 31.2 Å². The van der Waals surface area contributed by atoms with Crippen molar-refractivity contribution in [3.8, 4) is 16.9 Å². The van der Waals surface area contributed by atoms with E-state index in [0.29, 0.717) is 17.9 Å². The smallest absolute Gasteiger partial charge is 0.270 e. The quantitative estimate of drug-likeness (QED) is 0.694. The number of amides is 1. The fourth-order valence-electron chi connectivity index (χ4n) is 3.61. The van der Waals surface area contributed by atoms with Crippen molar-refractivity contribution in [1.82, 2.24) is 20.0 Å². The van der Waals surface area contributed by atoms with Crippen molar-refractivity contribution in [2.24, 2.45) is 0 Å². The first-order valence-electron chi connectivity index (χ1n) is 10.0. The lowest BCUT2D eigenvalue weighted by atomic mass is 10.1. The highest BCUT2D eigenvalue weighted by atomic mass is 19.1. The number of benzene rings is 2. The summed E-state index contributed by atoms with van der Waals surface area (Å²) in [5, 5.41) is 7.66. The summed E-state index contributed by atoms with van der Waals surface area (Å²) in [5.74, 6) is -0.461. The van der Waals surface area contributed by atoms with Crippen molar-refractivity contribution in [2.45, 2.75) is 19.8 Å².